The quantitative estimate of drug-likeness (QED) is 0.349. The molecule has 1 atom stereocenters. The molecule has 1 aliphatic carbocycles. The molecule has 4 rings (SSSR count). The Morgan fingerprint density at radius 2 is 1.61 bits per heavy atom. The van der Waals surface area contributed by atoms with Crippen molar-refractivity contribution in [2.24, 2.45) is 0 Å². The van der Waals surface area contributed by atoms with Gasteiger partial charge in [0.1, 0.15) is 5.75 Å². The van der Waals surface area contributed by atoms with E-state index in [1.54, 1.807) is 7.11 Å². The molecule has 2 heteroatoms. The molecule has 0 saturated heterocycles. The maximum absolute atomic E-state index is 6.61. The number of hydrogen-bond donors (Lipinski definition) is 0. The maximum atomic E-state index is 6.61. The number of benzene rings is 3. The molecule has 3 aromatic carbocycles. The second-order valence-electron chi connectivity index (χ2n) is 9.59. The molecule has 0 amide bonds. The Kier molecular flexibility index (Phi) is 6.44. The van der Waals surface area contributed by atoms with Crippen LogP contribution in [-0.4, -0.2) is 7.11 Å². The summed E-state index contributed by atoms with van der Waals surface area (Å²) < 4.78 is 5.40. The van der Waals surface area contributed by atoms with Crippen molar-refractivity contribution in [2.75, 3.05) is 7.11 Å². The highest BCUT2D eigenvalue weighted by molar-refractivity contribution is 6.30. The standard InChI is InChI=1S/C29H33ClO/c1-20(2)24-8-5-7-22(14-24)19-29(11-12-29)26-15-23(16-27(30)18-26)13-21(3)25-9-6-10-28(17-25)31-4/h5-10,14-18,20-21H,11-13,19H2,1-4H3. The molecule has 1 unspecified atom stereocenters. The van der Waals surface area contributed by atoms with E-state index in [1.165, 1.54) is 40.7 Å². The number of rotatable bonds is 8. The summed E-state index contributed by atoms with van der Waals surface area (Å²) in [6.07, 6.45) is 4.55. The lowest BCUT2D eigenvalue weighted by Gasteiger charge is -2.20. The van der Waals surface area contributed by atoms with Crippen molar-refractivity contribution in [2.45, 2.75) is 63.7 Å². The molecule has 1 nitrogen and oxygen atoms in total. The van der Waals surface area contributed by atoms with E-state index >= 15 is 0 Å². The summed E-state index contributed by atoms with van der Waals surface area (Å²) in [4.78, 5) is 0. The van der Waals surface area contributed by atoms with E-state index in [-0.39, 0.29) is 5.41 Å². The molecule has 0 heterocycles. The Bertz CT molecular complexity index is 1050. The average Bonchev–Trinajstić information content (AvgIpc) is 3.54. The topological polar surface area (TPSA) is 9.23 Å². The second-order valence-corrected chi connectivity index (χ2v) is 10.0. The smallest absolute Gasteiger partial charge is 0.119 e. The molecule has 0 spiro atoms. The minimum atomic E-state index is 0.245. The van der Waals surface area contributed by atoms with Crippen molar-refractivity contribution in [3.8, 4) is 5.75 Å². The van der Waals surface area contributed by atoms with Gasteiger partial charge in [0.25, 0.3) is 0 Å². The van der Waals surface area contributed by atoms with Gasteiger partial charge in [0, 0.05) is 5.02 Å². The molecule has 1 aliphatic rings. The van der Waals surface area contributed by atoms with E-state index in [9.17, 15) is 0 Å². The van der Waals surface area contributed by atoms with Gasteiger partial charge in [-0.15, -0.1) is 0 Å². The van der Waals surface area contributed by atoms with Gasteiger partial charge in [0.15, 0.2) is 0 Å². The summed E-state index contributed by atoms with van der Waals surface area (Å²) in [6.45, 7) is 6.80. The van der Waals surface area contributed by atoms with Crippen LogP contribution in [0.1, 0.15) is 73.3 Å². The van der Waals surface area contributed by atoms with E-state index < -0.39 is 0 Å². The zero-order valence-corrected chi connectivity index (χ0v) is 19.9. The van der Waals surface area contributed by atoms with Crippen LogP contribution in [0, 0.1) is 0 Å². The highest BCUT2D eigenvalue weighted by atomic mass is 35.5. The van der Waals surface area contributed by atoms with Gasteiger partial charge in [0.2, 0.25) is 0 Å². The summed E-state index contributed by atoms with van der Waals surface area (Å²) >= 11 is 6.61. The fraction of sp³-hybridized carbons (Fsp3) is 0.379. The normalized spacial score (nSPS) is 15.7. The molecule has 1 saturated carbocycles. The highest BCUT2D eigenvalue weighted by Crippen LogP contribution is 2.51. The summed E-state index contributed by atoms with van der Waals surface area (Å²) in [7, 11) is 1.72. The van der Waals surface area contributed by atoms with Gasteiger partial charge in [-0.2, -0.15) is 0 Å². The molecule has 1 fully saturated rings. The van der Waals surface area contributed by atoms with Crippen molar-refractivity contribution in [3.63, 3.8) is 0 Å². The van der Waals surface area contributed by atoms with Gasteiger partial charge in [-0.05, 0) is 95.0 Å². The molecule has 3 aromatic rings. The van der Waals surface area contributed by atoms with E-state index in [2.05, 4.69) is 81.4 Å². The maximum Gasteiger partial charge on any atom is 0.119 e. The highest BCUT2D eigenvalue weighted by Gasteiger charge is 2.44. The summed E-state index contributed by atoms with van der Waals surface area (Å²) in [5, 5.41) is 0.854. The molecule has 0 aliphatic heterocycles. The monoisotopic (exact) mass is 432 g/mol. The minimum absolute atomic E-state index is 0.245. The van der Waals surface area contributed by atoms with Crippen LogP contribution >= 0.6 is 11.6 Å². The van der Waals surface area contributed by atoms with Crippen molar-refractivity contribution >= 4 is 11.6 Å². The van der Waals surface area contributed by atoms with Gasteiger partial charge in [-0.25, -0.2) is 0 Å². The van der Waals surface area contributed by atoms with Crippen LogP contribution in [0.5, 0.6) is 5.75 Å². The van der Waals surface area contributed by atoms with Gasteiger partial charge >= 0.3 is 0 Å². The van der Waals surface area contributed by atoms with Crippen LogP contribution in [0.4, 0.5) is 0 Å². The number of halogens is 1. The van der Waals surface area contributed by atoms with E-state index in [0.717, 1.165) is 23.6 Å². The SMILES string of the molecule is COc1cccc(C(C)Cc2cc(Cl)cc(C3(Cc4cccc(C(C)C)c4)CC3)c2)c1. The van der Waals surface area contributed by atoms with Gasteiger partial charge < -0.3 is 4.74 Å². The Balaban J connectivity index is 1.55. The largest absolute Gasteiger partial charge is 0.497 e. The number of ether oxygens (including phenoxy) is 1. The third kappa shape index (κ3) is 5.15. The fourth-order valence-corrected chi connectivity index (χ4v) is 4.92. The Labute approximate surface area is 192 Å². The van der Waals surface area contributed by atoms with Gasteiger partial charge in [0.05, 0.1) is 7.11 Å². The Hall–Kier alpha value is -2.25. The first-order chi connectivity index (χ1) is 14.9. The van der Waals surface area contributed by atoms with Crippen LogP contribution in [0.15, 0.2) is 66.7 Å². The van der Waals surface area contributed by atoms with Crippen LogP contribution in [0.3, 0.4) is 0 Å². The Morgan fingerprint density at radius 1 is 0.871 bits per heavy atom. The third-order valence-corrected chi connectivity index (χ3v) is 7.01. The fourth-order valence-electron chi connectivity index (χ4n) is 4.67. The molecule has 0 radical (unpaired) electrons. The van der Waals surface area contributed by atoms with Crippen LogP contribution in [0.25, 0.3) is 0 Å². The molecule has 31 heavy (non-hydrogen) atoms. The zero-order valence-electron chi connectivity index (χ0n) is 19.1. The molecule has 0 N–H and O–H groups in total. The van der Waals surface area contributed by atoms with Crippen molar-refractivity contribution < 1.29 is 4.74 Å². The number of methoxy groups -OCH3 is 1. The van der Waals surface area contributed by atoms with Crippen molar-refractivity contribution in [1.29, 1.82) is 0 Å². The average molecular weight is 433 g/mol. The minimum Gasteiger partial charge on any atom is -0.497 e. The van der Waals surface area contributed by atoms with Crippen LogP contribution in [0.2, 0.25) is 5.02 Å². The molecule has 0 bridgehead atoms. The first kappa shape index (κ1) is 22.0. The molecule has 0 aromatic heterocycles. The third-order valence-electron chi connectivity index (χ3n) is 6.79. The Morgan fingerprint density at radius 3 is 2.32 bits per heavy atom. The molecular weight excluding hydrogens is 400 g/mol. The number of hydrogen-bond acceptors (Lipinski definition) is 1. The lowest BCUT2D eigenvalue weighted by Crippen LogP contribution is -2.12. The summed E-state index contributed by atoms with van der Waals surface area (Å²) in [5.41, 5.74) is 7.13. The van der Waals surface area contributed by atoms with E-state index in [0.29, 0.717) is 11.8 Å². The van der Waals surface area contributed by atoms with Gasteiger partial charge in [-0.3, -0.25) is 0 Å². The second kappa shape index (κ2) is 9.09. The van der Waals surface area contributed by atoms with Crippen molar-refractivity contribution in [3.05, 3.63) is 99.6 Å². The summed E-state index contributed by atoms with van der Waals surface area (Å²) in [5.74, 6) is 1.88. The predicted molar refractivity (Wildman–Crippen MR) is 132 cm³/mol. The summed E-state index contributed by atoms with van der Waals surface area (Å²) in [6, 6.07) is 24.2. The van der Waals surface area contributed by atoms with E-state index in [1.807, 2.05) is 6.07 Å². The zero-order chi connectivity index (χ0) is 22.0. The van der Waals surface area contributed by atoms with E-state index in [4.69, 9.17) is 16.3 Å². The first-order valence-corrected chi connectivity index (χ1v) is 11.8. The molecular formula is C29H33ClO. The lowest BCUT2D eigenvalue weighted by atomic mass is 9.85. The first-order valence-electron chi connectivity index (χ1n) is 11.4. The predicted octanol–water partition coefficient (Wildman–Crippen LogP) is 8.09. The van der Waals surface area contributed by atoms with Crippen molar-refractivity contribution in [1.82, 2.24) is 0 Å². The van der Waals surface area contributed by atoms with Crippen LogP contribution < -0.4 is 4.74 Å². The lowest BCUT2D eigenvalue weighted by molar-refractivity contribution is 0.414. The van der Waals surface area contributed by atoms with Crippen LogP contribution in [-0.2, 0) is 18.3 Å². The molecule has 162 valence electrons. The van der Waals surface area contributed by atoms with Gasteiger partial charge in [-0.1, -0.05) is 74.8 Å².